The number of carbonyl (C=O) groups excluding carboxylic acids is 1. The Morgan fingerprint density at radius 2 is 2.29 bits per heavy atom. The second-order valence-electron chi connectivity index (χ2n) is 5.91. The standard InChI is InChI=1S/C16H23N3O2/c17-16(20)13-3-1-2-12(8-13)9-18-10-15-11-19(6-7-21-15)14-4-5-14/h1-3,8,14-15,18H,4-7,9-11H2,(H2,17,20). The summed E-state index contributed by atoms with van der Waals surface area (Å²) in [5.74, 6) is -0.382. The Kier molecular flexibility index (Phi) is 4.53. The highest BCUT2D eigenvalue weighted by atomic mass is 16.5. The minimum Gasteiger partial charge on any atom is -0.374 e. The van der Waals surface area contributed by atoms with Crippen LogP contribution in [0, 0.1) is 0 Å². The average molecular weight is 289 g/mol. The first-order valence-electron chi connectivity index (χ1n) is 7.67. The van der Waals surface area contributed by atoms with Gasteiger partial charge in [-0.2, -0.15) is 0 Å². The van der Waals surface area contributed by atoms with E-state index in [1.54, 1.807) is 6.07 Å². The first kappa shape index (κ1) is 14.5. The van der Waals surface area contributed by atoms with E-state index in [0.29, 0.717) is 5.56 Å². The summed E-state index contributed by atoms with van der Waals surface area (Å²) >= 11 is 0. The molecule has 1 aliphatic carbocycles. The molecule has 1 saturated heterocycles. The van der Waals surface area contributed by atoms with Crippen molar-refractivity contribution in [2.75, 3.05) is 26.2 Å². The van der Waals surface area contributed by atoms with Gasteiger partial charge in [0.2, 0.25) is 5.91 Å². The molecule has 3 N–H and O–H groups in total. The highest BCUT2D eigenvalue weighted by Gasteiger charge is 2.32. The Morgan fingerprint density at radius 3 is 3.05 bits per heavy atom. The lowest BCUT2D eigenvalue weighted by atomic mass is 10.1. The first-order valence-corrected chi connectivity index (χ1v) is 7.67. The highest BCUT2D eigenvalue weighted by molar-refractivity contribution is 5.92. The molecule has 114 valence electrons. The van der Waals surface area contributed by atoms with Crippen LogP contribution in [-0.2, 0) is 11.3 Å². The van der Waals surface area contributed by atoms with Crippen LogP contribution >= 0.6 is 0 Å². The van der Waals surface area contributed by atoms with Gasteiger partial charge < -0.3 is 15.8 Å². The minimum absolute atomic E-state index is 0.263. The van der Waals surface area contributed by atoms with Gasteiger partial charge in [0.25, 0.3) is 0 Å². The van der Waals surface area contributed by atoms with Crippen molar-refractivity contribution in [3.05, 3.63) is 35.4 Å². The summed E-state index contributed by atoms with van der Waals surface area (Å²) < 4.78 is 5.81. The number of ether oxygens (including phenoxy) is 1. The van der Waals surface area contributed by atoms with Crippen LogP contribution in [0.1, 0.15) is 28.8 Å². The van der Waals surface area contributed by atoms with E-state index < -0.39 is 0 Å². The molecule has 0 spiro atoms. The van der Waals surface area contributed by atoms with Gasteiger partial charge in [-0.05, 0) is 30.5 Å². The van der Waals surface area contributed by atoms with Crippen LogP contribution in [0.4, 0.5) is 0 Å². The SMILES string of the molecule is NC(=O)c1cccc(CNCC2CN(C3CC3)CCO2)c1. The number of nitrogens with zero attached hydrogens (tertiary/aromatic N) is 1. The quantitative estimate of drug-likeness (QED) is 0.810. The van der Waals surface area contributed by atoms with Crippen molar-refractivity contribution in [2.45, 2.75) is 31.5 Å². The van der Waals surface area contributed by atoms with Crippen LogP contribution < -0.4 is 11.1 Å². The zero-order valence-corrected chi connectivity index (χ0v) is 12.3. The molecule has 5 nitrogen and oxygen atoms in total. The summed E-state index contributed by atoms with van der Waals surface area (Å²) in [7, 11) is 0. The molecule has 2 fully saturated rings. The van der Waals surface area contributed by atoms with E-state index in [1.165, 1.54) is 12.8 Å². The van der Waals surface area contributed by atoms with Crippen molar-refractivity contribution in [1.82, 2.24) is 10.2 Å². The molecule has 5 heteroatoms. The molecule has 0 aromatic heterocycles. The van der Waals surface area contributed by atoms with Crippen LogP contribution in [0.15, 0.2) is 24.3 Å². The molecule has 21 heavy (non-hydrogen) atoms. The van der Waals surface area contributed by atoms with E-state index >= 15 is 0 Å². The lowest BCUT2D eigenvalue weighted by Crippen LogP contribution is -2.47. The summed E-state index contributed by atoms with van der Waals surface area (Å²) in [4.78, 5) is 13.7. The van der Waals surface area contributed by atoms with Crippen LogP contribution in [0.2, 0.25) is 0 Å². The molecular weight excluding hydrogens is 266 g/mol. The second-order valence-corrected chi connectivity index (χ2v) is 5.91. The number of rotatable bonds is 6. The van der Waals surface area contributed by atoms with Crippen molar-refractivity contribution >= 4 is 5.91 Å². The fourth-order valence-corrected chi connectivity index (χ4v) is 2.85. The fourth-order valence-electron chi connectivity index (χ4n) is 2.85. The van der Waals surface area contributed by atoms with Crippen molar-refractivity contribution in [3.63, 3.8) is 0 Å². The third kappa shape index (κ3) is 4.03. The summed E-state index contributed by atoms with van der Waals surface area (Å²) in [5, 5.41) is 3.41. The lowest BCUT2D eigenvalue weighted by Gasteiger charge is -2.33. The minimum atomic E-state index is -0.382. The molecule has 1 atom stereocenters. The maximum atomic E-state index is 11.2. The molecule has 1 aromatic rings. The van der Waals surface area contributed by atoms with Gasteiger partial charge in [-0.3, -0.25) is 9.69 Å². The lowest BCUT2D eigenvalue weighted by molar-refractivity contribution is -0.0301. The summed E-state index contributed by atoms with van der Waals surface area (Å²) in [6.45, 7) is 4.50. The molecule has 0 radical (unpaired) electrons. The van der Waals surface area contributed by atoms with Crippen LogP contribution in [0.5, 0.6) is 0 Å². The number of morpholine rings is 1. The Balaban J connectivity index is 1.45. The van der Waals surface area contributed by atoms with E-state index in [4.69, 9.17) is 10.5 Å². The molecular formula is C16H23N3O2. The van der Waals surface area contributed by atoms with Crippen LogP contribution in [-0.4, -0.2) is 49.2 Å². The molecule has 2 aliphatic rings. The van der Waals surface area contributed by atoms with Gasteiger partial charge in [-0.25, -0.2) is 0 Å². The van der Waals surface area contributed by atoms with E-state index in [9.17, 15) is 4.79 Å². The van der Waals surface area contributed by atoms with Gasteiger partial charge >= 0.3 is 0 Å². The van der Waals surface area contributed by atoms with Crippen LogP contribution in [0.25, 0.3) is 0 Å². The maximum Gasteiger partial charge on any atom is 0.248 e. The number of hydrogen-bond acceptors (Lipinski definition) is 4. The second kappa shape index (κ2) is 6.56. The molecule has 3 rings (SSSR count). The highest BCUT2D eigenvalue weighted by Crippen LogP contribution is 2.28. The Bertz CT molecular complexity index is 502. The Hall–Kier alpha value is -1.43. The number of carbonyl (C=O) groups is 1. The number of hydrogen-bond donors (Lipinski definition) is 2. The molecule has 1 aromatic carbocycles. The molecule has 1 amide bonds. The smallest absolute Gasteiger partial charge is 0.248 e. The van der Waals surface area contributed by atoms with Gasteiger partial charge in [0.15, 0.2) is 0 Å². The molecule has 0 bridgehead atoms. The summed E-state index contributed by atoms with van der Waals surface area (Å²) in [5.41, 5.74) is 6.92. The van der Waals surface area contributed by atoms with Crippen LogP contribution in [0.3, 0.4) is 0 Å². The largest absolute Gasteiger partial charge is 0.374 e. The van der Waals surface area contributed by atoms with Crippen molar-refractivity contribution in [1.29, 1.82) is 0 Å². The molecule has 1 heterocycles. The maximum absolute atomic E-state index is 11.2. The van der Waals surface area contributed by atoms with Gasteiger partial charge in [-0.15, -0.1) is 0 Å². The summed E-state index contributed by atoms with van der Waals surface area (Å²) in [6, 6.07) is 8.25. The predicted molar refractivity (Wildman–Crippen MR) is 81.0 cm³/mol. The van der Waals surface area contributed by atoms with E-state index in [1.807, 2.05) is 18.2 Å². The van der Waals surface area contributed by atoms with E-state index in [2.05, 4.69) is 10.2 Å². The van der Waals surface area contributed by atoms with Gasteiger partial charge in [0.05, 0.1) is 12.7 Å². The predicted octanol–water partition coefficient (Wildman–Crippen LogP) is 0.738. The Morgan fingerprint density at radius 1 is 1.43 bits per heavy atom. The summed E-state index contributed by atoms with van der Waals surface area (Å²) in [6.07, 6.45) is 2.96. The number of nitrogens with one attached hydrogen (secondary N) is 1. The van der Waals surface area contributed by atoms with E-state index in [0.717, 1.165) is 44.4 Å². The van der Waals surface area contributed by atoms with Gasteiger partial charge in [0, 0.05) is 37.8 Å². The molecule has 1 unspecified atom stereocenters. The Labute approximate surface area is 125 Å². The first-order chi connectivity index (χ1) is 10.2. The zero-order chi connectivity index (χ0) is 14.7. The van der Waals surface area contributed by atoms with Gasteiger partial charge in [-0.1, -0.05) is 12.1 Å². The van der Waals surface area contributed by atoms with Crippen molar-refractivity contribution in [2.24, 2.45) is 5.73 Å². The number of amides is 1. The normalized spacial score (nSPS) is 23.1. The zero-order valence-electron chi connectivity index (χ0n) is 12.3. The molecule has 1 aliphatic heterocycles. The monoisotopic (exact) mass is 289 g/mol. The van der Waals surface area contributed by atoms with E-state index in [-0.39, 0.29) is 12.0 Å². The topological polar surface area (TPSA) is 67.6 Å². The van der Waals surface area contributed by atoms with Gasteiger partial charge in [0.1, 0.15) is 0 Å². The third-order valence-electron chi connectivity index (χ3n) is 4.15. The average Bonchev–Trinajstić information content (AvgIpc) is 3.33. The number of primary amides is 1. The third-order valence-corrected chi connectivity index (χ3v) is 4.15. The molecule has 1 saturated carbocycles. The fraction of sp³-hybridized carbons (Fsp3) is 0.562. The number of benzene rings is 1. The number of nitrogens with two attached hydrogens (primary N) is 1. The van der Waals surface area contributed by atoms with Crippen molar-refractivity contribution in [3.8, 4) is 0 Å². The van der Waals surface area contributed by atoms with Crippen molar-refractivity contribution < 1.29 is 9.53 Å².